The molecule has 9 heteroatoms. The molecule has 4 rings (SSSR count). The van der Waals surface area contributed by atoms with E-state index in [1.807, 2.05) is 91.0 Å². The number of hydrogen-bond donors (Lipinski definition) is 1. The second kappa shape index (κ2) is 14.3. The van der Waals surface area contributed by atoms with Gasteiger partial charge < -0.3 is 24.3 Å². The van der Waals surface area contributed by atoms with Gasteiger partial charge in [0.15, 0.2) is 6.23 Å². The van der Waals surface area contributed by atoms with Crippen molar-refractivity contribution in [3.63, 3.8) is 0 Å². The molecule has 3 aromatic rings. The van der Waals surface area contributed by atoms with Gasteiger partial charge in [-0.1, -0.05) is 96.1 Å². The highest BCUT2D eigenvalue weighted by molar-refractivity contribution is 5.73. The zero-order valence-electron chi connectivity index (χ0n) is 21.3. The number of ether oxygens (including phenoxy) is 4. The molecule has 1 aliphatic heterocycles. The molecule has 38 heavy (non-hydrogen) atoms. The van der Waals surface area contributed by atoms with E-state index in [0.29, 0.717) is 13.2 Å². The lowest BCUT2D eigenvalue weighted by atomic mass is 9.95. The fourth-order valence-electron chi connectivity index (χ4n) is 4.39. The van der Waals surface area contributed by atoms with E-state index in [0.717, 1.165) is 16.7 Å². The van der Waals surface area contributed by atoms with Gasteiger partial charge in [-0.05, 0) is 22.2 Å². The van der Waals surface area contributed by atoms with Gasteiger partial charge in [-0.3, -0.25) is 4.79 Å². The molecule has 5 atom stereocenters. The lowest BCUT2D eigenvalue weighted by Crippen LogP contribution is -2.64. The van der Waals surface area contributed by atoms with Gasteiger partial charge in [-0.15, -0.1) is 0 Å². The Labute approximate surface area is 222 Å². The van der Waals surface area contributed by atoms with Crippen LogP contribution in [0.1, 0.15) is 23.6 Å². The highest BCUT2D eigenvalue weighted by Gasteiger charge is 2.47. The van der Waals surface area contributed by atoms with E-state index in [1.54, 1.807) is 0 Å². The Kier molecular flexibility index (Phi) is 10.3. The summed E-state index contributed by atoms with van der Waals surface area (Å²) in [5, 5.41) is 6.70. The molecule has 9 nitrogen and oxygen atoms in total. The molecule has 1 N–H and O–H groups in total. The van der Waals surface area contributed by atoms with Crippen LogP contribution in [0.3, 0.4) is 0 Å². The Hall–Kier alpha value is -3.72. The second-order valence-electron chi connectivity index (χ2n) is 9.02. The first-order valence-electron chi connectivity index (χ1n) is 12.5. The Morgan fingerprint density at radius 2 is 1.34 bits per heavy atom. The summed E-state index contributed by atoms with van der Waals surface area (Å²) in [6, 6.07) is 28.5. The summed E-state index contributed by atoms with van der Waals surface area (Å²) >= 11 is 0. The summed E-state index contributed by atoms with van der Waals surface area (Å²) in [6.45, 7) is 2.52. The van der Waals surface area contributed by atoms with Crippen molar-refractivity contribution >= 4 is 5.91 Å². The number of benzene rings is 3. The summed E-state index contributed by atoms with van der Waals surface area (Å²) in [5.41, 5.74) is 12.2. The maximum absolute atomic E-state index is 12.2. The maximum Gasteiger partial charge on any atom is 0.217 e. The van der Waals surface area contributed by atoms with E-state index in [-0.39, 0.29) is 19.1 Å². The highest BCUT2D eigenvalue weighted by Crippen LogP contribution is 2.29. The van der Waals surface area contributed by atoms with Gasteiger partial charge in [0.05, 0.1) is 32.5 Å². The van der Waals surface area contributed by atoms with Gasteiger partial charge in [-0.25, -0.2) is 0 Å². The molecule has 1 amide bonds. The quantitative estimate of drug-likeness (QED) is 0.209. The predicted octanol–water partition coefficient (Wildman–Crippen LogP) is 4.91. The van der Waals surface area contributed by atoms with Gasteiger partial charge in [0.1, 0.15) is 18.3 Å². The van der Waals surface area contributed by atoms with E-state index in [2.05, 4.69) is 15.3 Å². The number of rotatable bonds is 12. The minimum absolute atomic E-state index is 0.170. The number of nitrogens with one attached hydrogen (secondary N) is 1. The van der Waals surface area contributed by atoms with Crippen molar-refractivity contribution in [3.05, 3.63) is 118 Å². The summed E-state index contributed by atoms with van der Waals surface area (Å²) in [7, 11) is 0. The van der Waals surface area contributed by atoms with Crippen LogP contribution >= 0.6 is 0 Å². The summed E-state index contributed by atoms with van der Waals surface area (Å²) in [5.74, 6) is -0.300. The molecule has 0 unspecified atom stereocenters. The summed E-state index contributed by atoms with van der Waals surface area (Å²) in [4.78, 5) is 15.1. The van der Waals surface area contributed by atoms with Crippen LogP contribution in [0.2, 0.25) is 0 Å². The molecule has 0 radical (unpaired) electrons. The van der Waals surface area contributed by atoms with Gasteiger partial charge in [0.25, 0.3) is 0 Å². The van der Waals surface area contributed by atoms with Crippen molar-refractivity contribution in [1.82, 2.24) is 5.32 Å². The average Bonchev–Trinajstić information content (AvgIpc) is 2.94. The van der Waals surface area contributed by atoms with Crippen molar-refractivity contribution < 1.29 is 23.7 Å². The third kappa shape index (κ3) is 7.89. The SMILES string of the molecule is CC(=O)N[C@@H]1[C@@H](OCc2ccccc2)[C@H](OCc2ccccc2)[C@@H](COCc2ccccc2)O[C@H]1N=[N+]=[N-]. The van der Waals surface area contributed by atoms with Crippen molar-refractivity contribution in [2.75, 3.05) is 6.61 Å². The molecule has 0 spiro atoms. The third-order valence-corrected chi connectivity index (χ3v) is 6.17. The first kappa shape index (κ1) is 27.3. The van der Waals surface area contributed by atoms with E-state index in [1.165, 1.54) is 6.92 Å². The van der Waals surface area contributed by atoms with Crippen LogP contribution < -0.4 is 5.32 Å². The fraction of sp³-hybridized carbons (Fsp3) is 0.345. The Morgan fingerprint density at radius 1 is 0.842 bits per heavy atom. The molecule has 198 valence electrons. The normalized spacial score (nSPS) is 22.8. The van der Waals surface area contributed by atoms with E-state index < -0.39 is 30.6 Å². The molecule has 1 heterocycles. The lowest BCUT2D eigenvalue weighted by Gasteiger charge is -2.45. The van der Waals surface area contributed by atoms with Crippen molar-refractivity contribution in [2.45, 2.75) is 57.3 Å². The van der Waals surface area contributed by atoms with Crippen molar-refractivity contribution in [2.24, 2.45) is 5.11 Å². The van der Waals surface area contributed by atoms with Gasteiger partial charge in [0, 0.05) is 11.8 Å². The van der Waals surface area contributed by atoms with Crippen LogP contribution in [-0.2, 0) is 43.6 Å². The number of hydrogen-bond acceptors (Lipinski definition) is 6. The lowest BCUT2D eigenvalue weighted by molar-refractivity contribution is -0.231. The number of carbonyl (C=O) groups is 1. The van der Waals surface area contributed by atoms with Crippen LogP contribution in [-0.4, -0.2) is 43.1 Å². The Balaban J connectivity index is 1.59. The molecule has 3 aromatic carbocycles. The Morgan fingerprint density at radius 3 is 1.84 bits per heavy atom. The summed E-state index contributed by atoms with van der Waals surface area (Å²) < 4.78 is 25.0. The topological polar surface area (TPSA) is 115 Å². The van der Waals surface area contributed by atoms with Crippen LogP contribution in [0, 0.1) is 0 Å². The van der Waals surface area contributed by atoms with Gasteiger partial charge >= 0.3 is 0 Å². The molecular formula is C29H32N4O5. The zero-order chi connectivity index (χ0) is 26.6. The Bertz CT molecular complexity index is 1180. The molecule has 0 aliphatic carbocycles. The highest BCUT2D eigenvalue weighted by atomic mass is 16.6. The third-order valence-electron chi connectivity index (χ3n) is 6.17. The van der Waals surface area contributed by atoms with E-state index in [9.17, 15) is 10.3 Å². The molecule has 1 fully saturated rings. The largest absolute Gasteiger partial charge is 0.374 e. The fourth-order valence-corrected chi connectivity index (χ4v) is 4.39. The summed E-state index contributed by atoms with van der Waals surface area (Å²) in [6.07, 6.45) is -2.94. The minimum atomic E-state index is -1.01. The molecule has 0 saturated carbocycles. The second-order valence-corrected chi connectivity index (χ2v) is 9.02. The van der Waals surface area contributed by atoms with Crippen LogP contribution in [0.5, 0.6) is 0 Å². The van der Waals surface area contributed by atoms with E-state index in [4.69, 9.17) is 18.9 Å². The van der Waals surface area contributed by atoms with Crippen LogP contribution in [0.15, 0.2) is 96.1 Å². The standard InChI is InChI=1S/C29H32N4O5/c1-21(34)31-26-28(37-19-24-15-9-4-10-16-24)27(36-18-23-13-7-3-8-14-23)25(38-29(26)32-33-30)20-35-17-22-11-5-2-6-12-22/h2-16,25-29H,17-20H2,1H3,(H,31,34)/t25-,26-,27-,28-,29-/m1/s1. The molecule has 1 aliphatic rings. The van der Waals surface area contributed by atoms with Crippen LogP contribution in [0.4, 0.5) is 0 Å². The predicted molar refractivity (Wildman–Crippen MR) is 142 cm³/mol. The number of carbonyl (C=O) groups excluding carboxylic acids is 1. The number of azide groups is 1. The van der Waals surface area contributed by atoms with Gasteiger partial charge in [0.2, 0.25) is 5.91 Å². The first-order valence-corrected chi connectivity index (χ1v) is 12.5. The van der Waals surface area contributed by atoms with Crippen molar-refractivity contribution in [1.29, 1.82) is 0 Å². The molecule has 0 aromatic heterocycles. The first-order chi connectivity index (χ1) is 18.6. The van der Waals surface area contributed by atoms with Crippen molar-refractivity contribution in [3.8, 4) is 0 Å². The zero-order valence-corrected chi connectivity index (χ0v) is 21.3. The molecule has 0 bridgehead atoms. The number of amides is 1. The monoisotopic (exact) mass is 516 g/mol. The van der Waals surface area contributed by atoms with E-state index >= 15 is 0 Å². The average molecular weight is 517 g/mol. The van der Waals surface area contributed by atoms with Crippen LogP contribution in [0.25, 0.3) is 10.4 Å². The molecular weight excluding hydrogens is 484 g/mol. The maximum atomic E-state index is 12.2. The smallest absolute Gasteiger partial charge is 0.217 e. The number of nitrogens with zero attached hydrogens (tertiary/aromatic N) is 3. The minimum Gasteiger partial charge on any atom is -0.374 e. The van der Waals surface area contributed by atoms with Gasteiger partial charge in [-0.2, -0.15) is 0 Å². The molecule has 1 saturated heterocycles.